The minimum Gasteiger partial charge on any atom is -0.369 e. The summed E-state index contributed by atoms with van der Waals surface area (Å²) in [7, 11) is 0. The molecule has 0 fully saturated rings. The Morgan fingerprint density at radius 2 is 2.25 bits per heavy atom. The van der Waals surface area contributed by atoms with Crippen LogP contribution in [0.3, 0.4) is 0 Å². The molecule has 2 N–H and O–H groups in total. The highest BCUT2D eigenvalue weighted by Gasteiger charge is 2.01. The molecule has 12 heavy (non-hydrogen) atoms. The maximum Gasteiger partial charge on any atom is 0.221 e. The molecule has 0 radical (unpaired) electrons. The van der Waals surface area contributed by atoms with Crippen LogP contribution in [0.1, 0.15) is 5.56 Å². The van der Waals surface area contributed by atoms with E-state index in [0.29, 0.717) is 5.02 Å². The number of hydrogen-bond acceptors (Lipinski definition) is 1. The van der Waals surface area contributed by atoms with E-state index in [0.717, 1.165) is 10.0 Å². The second-order valence-electron chi connectivity index (χ2n) is 2.39. The number of rotatable bonds is 2. The van der Waals surface area contributed by atoms with Gasteiger partial charge >= 0.3 is 0 Å². The molecule has 2 nitrogen and oxygen atoms in total. The normalized spacial score (nSPS) is 9.83. The number of carbonyl (C=O) groups excluding carboxylic acids is 1. The van der Waals surface area contributed by atoms with Gasteiger partial charge in [0.25, 0.3) is 0 Å². The average molecular weight is 249 g/mol. The summed E-state index contributed by atoms with van der Waals surface area (Å²) in [6.45, 7) is 0. The molecule has 0 aliphatic rings. The molecular formula is C8H7BrClNO. The highest BCUT2D eigenvalue weighted by Crippen LogP contribution is 2.23. The summed E-state index contributed by atoms with van der Waals surface area (Å²) >= 11 is 9.05. The summed E-state index contributed by atoms with van der Waals surface area (Å²) in [6.07, 6.45) is 0.229. The van der Waals surface area contributed by atoms with Crippen LogP contribution in [0.2, 0.25) is 5.02 Å². The van der Waals surface area contributed by atoms with E-state index in [-0.39, 0.29) is 12.3 Å². The first-order valence-corrected chi connectivity index (χ1v) is 4.49. The van der Waals surface area contributed by atoms with Gasteiger partial charge in [0.15, 0.2) is 0 Å². The first kappa shape index (κ1) is 9.55. The van der Waals surface area contributed by atoms with Crippen LogP contribution in [0.4, 0.5) is 0 Å². The molecular weight excluding hydrogens is 241 g/mol. The number of halogens is 2. The largest absolute Gasteiger partial charge is 0.369 e. The van der Waals surface area contributed by atoms with Crippen LogP contribution in [-0.2, 0) is 11.2 Å². The summed E-state index contributed by atoms with van der Waals surface area (Å²) in [5.74, 6) is -0.353. The maximum atomic E-state index is 10.5. The van der Waals surface area contributed by atoms with E-state index in [1.165, 1.54) is 0 Å². The van der Waals surface area contributed by atoms with Gasteiger partial charge in [-0.1, -0.05) is 17.7 Å². The van der Waals surface area contributed by atoms with E-state index in [4.69, 9.17) is 17.3 Å². The minimum absolute atomic E-state index is 0.229. The predicted octanol–water partition coefficient (Wildman–Crippen LogP) is 2.13. The lowest BCUT2D eigenvalue weighted by Crippen LogP contribution is -2.13. The first-order chi connectivity index (χ1) is 5.59. The van der Waals surface area contributed by atoms with Crippen LogP contribution in [0.25, 0.3) is 0 Å². The van der Waals surface area contributed by atoms with Crippen molar-refractivity contribution >= 4 is 33.4 Å². The molecule has 64 valence electrons. The summed E-state index contributed by atoms with van der Waals surface area (Å²) in [4.78, 5) is 10.5. The van der Waals surface area contributed by atoms with Crippen LogP contribution in [0, 0.1) is 0 Å². The Morgan fingerprint density at radius 1 is 1.58 bits per heavy atom. The number of hydrogen-bond donors (Lipinski definition) is 1. The smallest absolute Gasteiger partial charge is 0.221 e. The zero-order valence-electron chi connectivity index (χ0n) is 6.18. The van der Waals surface area contributed by atoms with Crippen molar-refractivity contribution in [3.63, 3.8) is 0 Å². The van der Waals surface area contributed by atoms with Crippen LogP contribution < -0.4 is 5.73 Å². The molecule has 1 amide bonds. The zero-order valence-corrected chi connectivity index (χ0v) is 8.52. The van der Waals surface area contributed by atoms with Gasteiger partial charge in [0, 0.05) is 4.47 Å². The Bertz CT molecular complexity index is 314. The fraction of sp³-hybridized carbons (Fsp3) is 0.125. The Labute approximate surface area is 83.8 Å². The second kappa shape index (κ2) is 3.92. The van der Waals surface area contributed by atoms with Crippen molar-refractivity contribution in [3.05, 3.63) is 33.3 Å². The Morgan fingerprint density at radius 3 is 2.75 bits per heavy atom. The Hall–Kier alpha value is -0.540. The van der Waals surface area contributed by atoms with Gasteiger partial charge in [-0.3, -0.25) is 4.79 Å². The fourth-order valence-electron chi connectivity index (χ4n) is 0.851. The lowest BCUT2D eigenvalue weighted by atomic mass is 10.1. The molecule has 0 saturated carbocycles. The SMILES string of the molecule is NC(=O)Cc1ccc(Br)c(Cl)c1. The number of nitrogens with two attached hydrogens (primary N) is 1. The quantitative estimate of drug-likeness (QED) is 0.856. The second-order valence-corrected chi connectivity index (χ2v) is 3.65. The van der Waals surface area contributed by atoms with Crippen molar-refractivity contribution in [2.24, 2.45) is 5.73 Å². The van der Waals surface area contributed by atoms with E-state index < -0.39 is 0 Å². The van der Waals surface area contributed by atoms with Gasteiger partial charge in [-0.25, -0.2) is 0 Å². The molecule has 0 heterocycles. The first-order valence-electron chi connectivity index (χ1n) is 3.32. The van der Waals surface area contributed by atoms with Gasteiger partial charge in [0.2, 0.25) is 5.91 Å². The molecule has 1 aromatic rings. The number of carbonyl (C=O) groups is 1. The van der Waals surface area contributed by atoms with Gasteiger partial charge < -0.3 is 5.73 Å². The van der Waals surface area contributed by atoms with E-state index in [2.05, 4.69) is 15.9 Å². The molecule has 0 aliphatic carbocycles. The molecule has 0 bridgehead atoms. The van der Waals surface area contributed by atoms with E-state index >= 15 is 0 Å². The standard InChI is InChI=1S/C8H7BrClNO/c9-6-2-1-5(3-7(6)10)4-8(11)12/h1-3H,4H2,(H2,11,12). The van der Waals surface area contributed by atoms with Crippen molar-refractivity contribution in [2.75, 3.05) is 0 Å². The van der Waals surface area contributed by atoms with Gasteiger partial charge in [-0.05, 0) is 33.6 Å². The molecule has 0 aromatic heterocycles. The maximum absolute atomic E-state index is 10.5. The number of primary amides is 1. The van der Waals surface area contributed by atoms with Gasteiger partial charge in [0.05, 0.1) is 11.4 Å². The highest BCUT2D eigenvalue weighted by molar-refractivity contribution is 9.10. The lowest BCUT2D eigenvalue weighted by molar-refractivity contribution is -0.117. The van der Waals surface area contributed by atoms with Crippen molar-refractivity contribution in [2.45, 2.75) is 6.42 Å². The van der Waals surface area contributed by atoms with Crippen molar-refractivity contribution in [1.82, 2.24) is 0 Å². The average Bonchev–Trinajstić information content (AvgIpc) is 1.96. The van der Waals surface area contributed by atoms with Crippen LogP contribution in [-0.4, -0.2) is 5.91 Å². The van der Waals surface area contributed by atoms with Crippen molar-refractivity contribution in [3.8, 4) is 0 Å². The molecule has 0 unspecified atom stereocenters. The highest BCUT2D eigenvalue weighted by atomic mass is 79.9. The summed E-state index contributed by atoms with van der Waals surface area (Å²) in [5.41, 5.74) is 5.85. The lowest BCUT2D eigenvalue weighted by Gasteiger charge is -1.99. The van der Waals surface area contributed by atoms with Crippen LogP contribution in [0.5, 0.6) is 0 Å². The van der Waals surface area contributed by atoms with Crippen LogP contribution in [0.15, 0.2) is 22.7 Å². The summed E-state index contributed by atoms with van der Waals surface area (Å²) < 4.78 is 0.817. The Balaban J connectivity index is 2.89. The van der Waals surface area contributed by atoms with Crippen molar-refractivity contribution in [1.29, 1.82) is 0 Å². The third kappa shape index (κ3) is 2.50. The molecule has 1 aromatic carbocycles. The van der Waals surface area contributed by atoms with E-state index in [1.807, 2.05) is 0 Å². The predicted molar refractivity (Wildman–Crippen MR) is 52.1 cm³/mol. The monoisotopic (exact) mass is 247 g/mol. The minimum atomic E-state index is -0.353. The Kier molecular flexibility index (Phi) is 3.12. The molecule has 0 aliphatic heterocycles. The molecule has 4 heteroatoms. The molecule has 0 saturated heterocycles. The number of amides is 1. The third-order valence-electron chi connectivity index (χ3n) is 1.36. The summed E-state index contributed by atoms with van der Waals surface area (Å²) in [5, 5.41) is 0.591. The molecule has 0 atom stereocenters. The van der Waals surface area contributed by atoms with Gasteiger partial charge in [-0.15, -0.1) is 0 Å². The number of benzene rings is 1. The summed E-state index contributed by atoms with van der Waals surface area (Å²) in [6, 6.07) is 5.32. The topological polar surface area (TPSA) is 43.1 Å². The third-order valence-corrected chi connectivity index (χ3v) is 2.59. The van der Waals surface area contributed by atoms with E-state index in [9.17, 15) is 4.79 Å². The molecule has 0 spiro atoms. The van der Waals surface area contributed by atoms with Gasteiger partial charge in [0.1, 0.15) is 0 Å². The van der Waals surface area contributed by atoms with Crippen LogP contribution >= 0.6 is 27.5 Å². The fourth-order valence-corrected chi connectivity index (χ4v) is 1.30. The van der Waals surface area contributed by atoms with E-state index in [1.54, 1.807) is 18.2 Å². The van der Waals surface area contributed by atoms with Gasteiger partial charge in [-0.2, -0.15) is 0 Å². The molecule has 1 rings (SSSR count). The zero-order chi connectivity index (χ0) is 9.14. The van der Waals surface area contributed by atoms with Crippen molar-refractivity contribution < 1.29 is 4.79 Å².